The lowest BCUT2D eigenvalue weighted by Gasteiger charge is -2.24. The van der Waals surface area contributed by atoms with Gasteiger partial charge in [0.25, 0.3) is 11.8 Å². The summed E-state index contributed by atoms with van der Waals surface area (Å²) >= 11 is 6.07. The number of H-pyrrole nitrogens is 1. The van der Waals surface area contributed by atoms with Crippen LogP contribution in [0, 0.1) is 5.92 Å². The molecule has 0 radical (unpaired) electrons. The average molecular weight is 528 g/mol. The molecule has 196 valence electrons. The Labute approximate surface area is 219 Å². The van der Waals surface area contributed by atoms with Crippen LogP contribution in [0.25, 0.3) is 11.1 Å². The van der Waals surface area contributed by atoms with Crippen LogP contribution in [0.3, 0.4) is 0 Å². The third-order valence-corrected chi connectivity index (χ3v) is 5.69. The first kappa shape index (κ1) is 27.9. The highest BCUT2D eigenvalue weighted by Gasteiger charge is 2.23. The number of carboxylic acid groups (broad SMARTS) is 1. The molecule has 4 N–H and O–H groups in total. The van der Waals surface area contributed by atoms with Crippen LogP contribution in [0.2, 0.25) is 5.02 Å². The van der Waals surface area contributed by atoms with E-state index in [4.69, 9.17) is 16.7 Å². The van der Waals surface area contributed by atoms with Crippen molar-refractivity contribution in [2.45, 2.75) is 26.5 Å². The highest BCUT2D eigenvalue weighted by atomic mass is 35.5. The molecular formula is C26H30ClN5O5. The number of aliphatic carboxylic acids is 1. The molecule has 0 aliphatic rings. The van der Waals surface area contributed by atoms with E-state index < -0.39 is 18.0 Å². The van der Waals surface area contributed by atoms with Crippen molar-refractivity contribution in [3.8, 4) is 11.1 Å². The normalized spacial score (nSPS) is 12.0. The van der Waals surface area contributed by atoms with Crippen LogP contribution in [-0.4, -0.2) is 74.3 Å². The lowest BCUT2D eigenvalue weighted by atomic mass is 10.0. The number of hydrogen-bond acceptors (Lipinski definition) is 6. The number of aromatic amines is 1. The molecule has 0 fully saturated rings. The molecule has 3 aromatic rings. The Kier molecular flexibility index (Phi) is 9.40. The quantitative estimate of drug-likeness (QED) is 0.281. The Morgan fingerprint density at radius 1 is 1.05 bits per heavy atom. The number of carbonyl (C=O) groups excluding carboxylic acids is 2. The standard InChI is InChI=1S/C26H30ClN5O5/c1-16(2)13-31(3)25(35)22-12-21(28-29-22)24(34)30-32(15-23(33)26(36)37)14-17-7-9-18(10-8-17)19-5-4-6-20(27)11-19/h4-12,16,23,33H,13-15H2,1-3H3,(H,28,29)(H,30,34)(H,36,37). The molecule has 2 amide bonds. The van der Waals surface area contributed by atoms with Crippen LogP contribution in [0.5, 0.6) is 0 Å². The first-order chi connectivity index (χ1) is 17.5. The second-order valence-corrected chi connectivity index (χ2v) is 9.57. The monoisotopic (exact) mass is 527 g/mol. The van der Waals surface area contributed by atoms with E-state index in [1.165, 1.54) is 16.0 Å². The van der Waals surface area contributed by atoms with Crippen molar-refractivity contribution >= 4 is 29.4 Å². The molecule has 1 atom stereocenters. The van der Waals surface area contributed by atoms with E-state index in [0.717, 1.165) is 16.7 Å². The Morgan fingerprint density at radius 3 is 2.38 bits per heavy atom. The van der Waals surface area contributed by atoms with Crippen molar-refractivity contribution in [3.63, 3.8) is 0 Å². The molecule has 37 heavy (non-hydrogen) atoms. The number of benzene rings is 2. The molecule has 0 saturated heterocycles. The zero-order chi connectivity index (χ0) is 27.1. The highest BCUT2D eigenvalue weighted by Crippen LogP contribution is 2.23. The number of nitrogens with one attached hydrogen (secondary N) is 2. The molecule has 1 unspecified atom stereocenters. The minimum absolute atomic E-state index is 0.0487. The first-order valence-electron chi connectivity index (χ1n) is 11.7. The van der Waals surface area contributed by atoms with Crippen LogP contribution in [0.4, 0.5) is 0 Å². The van der Waals surface area contributed by atoms with Crippen LogP contribution >= 0.6 is 11.6 Å². The number of carboxylic acids is 1. The zero-order valence-electron chi connectivity index (χ0n) is 20.8. The van der Waals surface area contributed by atoms with Crippen molar-refractivity contribution in [1.82, 2.24) is 25.5 Å². The Hall–Kier alpha value is -3.73. The van der Waals surface area contributed by atoms with Gasteiger partial charge < -0.3 is 15.1 Å². The molecule has 1 heterocycles. The fourth-order valence-electron chi connectivity index (χ4n) is 3.71. The number of aromatic nitrogens is 2. The fraction of sp³-hybridized carbons (Fsp3) is 0.308. The number of aliphatic hydroxyl groups is 1. The van der Waals surface area contributed by atoms with Gasteiger partial charge in [0, 0.05) is 31.2 Å². The van der Waals surface area contributed by atoms with Gasteiger partial charge in [-0.15, -0.1) is 0 Å². The Balaban J connectivity index is 1.72. The smallest absolute Gasteiger partial charge is 0.333 e. The number of halogens is 1. The number of aliphatic hydroxyl groups excluding tert-OH is 1. The zero-order valence-corrected chi connectivity index (χ0v) is 21.6. The van der Waals surface area contributed by atoms with Gasteiger partial charge in [-0.25, -0.2) is 9.80 Å². The molecule has 2 aromatic carbocycles. The maximum atomic E-state index is 12.8. The number of hydrogen-bond donors (Lipinski definition) is 4. The number of hydrazine groups is 1. The third kappa shape index (κ3) is 7.88. The van der Waals surface area contributed by atoms with Gasteiger partial charge in [0.05, 0.1) is 6.54 Å². The Morgan fingerprint density at radius 2 is 1.76 bits per heavy atom. The van der Waals surface area contributed by atoms with Gasteiger partial charge in [-0.05, 0) is 34.7 Å². The summed E-state index contributed by atoms with van der Waals surface area (Å²) in [4.78, 5) is 38.2. The van der Waals surface area contributed by atoms with Gasteiger partial charge in [-0.1, -0.05) is 61.8 Å². The van der Waals surface area contributed by atoms with E-state index in [0.29, 0.717) is 11.6 Å². The van der Waals surface area contributed by atoms with E-state index in [-0.39, 0.29) is 36.3 Å². The van der Waals surface area contributed by atoms with Crippen LogP contribution < -0.4 is 5.43 Å². The molecule has 3 rings (SSSR count). The molecule has 11 heteroatoms. The van der Waals surface area contributed by atoms with E-state index in [1.807, 2.05) is 56.3 Å². The summed E-state index contributed by atoms with van der Waals surface area (Å²) in [5, 5.41) is 27.5. The lowest BCUT2D eigenvalue weighted by molar-refractivity contribution is -0.148. The predicted octanol–water partition coefficient (Wildman–Crippen LogP) is 3.05. The second-order valence-electron chi connectivity index (χ2n) is 9.13. The summed E-state index contributed by atoms with van der Waals surface area (Å²) < 4.78 is 0. The van der Waals surface area contributed by atoms with Gasteiger partial charge in [-0.3, -0.25) is 20.1 Å². The fourth-order valence-corrected chi connectivity index (χ4v) is 3.90. The van der Waals surface area contributed by atoms with E-state index >= 15 is 0 Å². The van der Waals surface area contributed by atoms with Gasteiger partial charge in [-0.2, -0.15) is 5.10 Å². The number of nitrogens with zero attached hydrogens (tertiary/aromatic N) is 3. The van der Waals surface area contributed by atoms with Crippen LogP contribution in [-0.2, 0) is 11.3 Å². The summed E-state index contributed by atoms with van der Waals surface area (Å²) in [5.41, 5.74) is 5.32. The maximum Gasteiger partial charge on any atom is 0.333 e. The minimum atomic E-state index is -1.73. The summed E-state index contributed by atoms with van der Waals surface area (Å²) in [6.45, 7) is 4.25. The van der Waals surface area contributed by atoms with E-state index in [9.17, 15) is 19.5 Å². The first-order valence-corrected chi connectivity index (χ1v) is 12.0. The molecule has 0 aliphatic heterocycles. The molecule has 0 aliphatic carbocycles. The molecular weight excluding hydrogens is 498 g/mol. The summed E-state index contributed by atoms with van der Waals surface area (Å²) in [5.74, 6) is -2.11. The molecule has 1 aromatic heterocycles. The average Bonchev–Trinajstić information content (AvgIpc) is 3.34. The highest BCUT2D eigenvalue weighted by molar-refractivity contribution is 6.30. The number of rotatable bonds is 11. The molecule has 0 spiro atoms. The minimum Gasteiger partial charge on any atom is -0.479 e. The number of amides is 2. The lowest BCUT2D eigenvalue weighted by Crippen LogP contribution is -2.47. The van der Waals surface area contributed by atoms with Gasteiger partial charge in [0.15, 0.2) is 11.8 Å². The number of carbonyl (C=O) groups is 3. The SMILES string of the molecule is CC(C)CN(C)C(=O)c1cc(C(=O)NN(Cc2ccc(-c3cccc(Cl)c3)cc2)CC(O)C(=O)O)n[nH]1. The third-order valence-electron chi connectivity index (χ3n) is 5.45. The van der Waals surface area contributed by atoms with Gasteiger partial charge >= 0.3 is 5.97 Å². The molecule has 0 bridgehead atoms. The second kappa shape index (κ2) is 12.5. The molecule has 0 saturated carbocycles. The Bertz CT molecular complexity index is 1240. The van der Waals surface area contributed by atoms with Gasteiger partial charge in [0.1, 0.15) is 5.69 Å². The van der Waals surface area contributed by atoms with Crippen LogP contribution in [0.1, 0.15) is 40.4 Å². The van der Waals surface area contributed by atoms with E-state index in [1.54, 1.807) is 13.1 Å². The van der Waals surface area contributed by atoms with Crippen molar-refractivity contribution in [1.29, 1.82) is 0 Å². The van der Waals surface area contributed by atoms with Gasteiger partial charge in [0.2, 0.25) is 0 Å². The summed E-state index contributed by atoms with van der Waals surface area (Å²) in [6, 6.07) is 16.2. The van der Waals surface area contributed by atoms with Crippen molar-refractivity contribution in [2.24, 2.45) is 5.92 Å². The topological polar surface area (TPSA) is 139 Å². The van der Waals surface area contributed by atoms with Crippen molar-refractivity contribution < 1.29 is 24.6 Å². The van der Waals surface area contributed by atoms with Crippen molar-refractivity contribution in [2.75, 3.05) is 20.1 Å². The largest absolute Gasteiger partial charge is 0.479 e. The predicted molar refractivity (Wildman–Crippen MR) is 139 cm³/mol. The van der Waals surface area contributed by atoms with Crippen molar-refractivity contribution in [3.05, 3.63) is 76.6 Å². The van der Waals surface area contributed by atoms with Crippen LogP contribution in [0.15, 0.2) is 54.6 Å². The summed E-state index contributed by atoms with van der Waals surface area (Å²) in [6.07, 6.45) is -1.73. The summed E-state index contributed by atoms with van der Waals surface area (Å²) in [7, 11) is 1.66. The molecule has 10 nitrogen and oxygen atoms in total. The maximum absolute atomic E-state index is 12.8. The van der Waals surface area contributed by atoms with E-state index in [2.05, 4.69) is 15.6 Å².